The molecule has 1 saturated heterocycles. The van der Waals surface area contributed by atoms with Crippen LogP contribution in [0.25, 0.3) is 11.8 Å². The minimum absolute atomic E-state index is 0.242. The van der Waals surface area contributed by atoms with Gasteiger partial charge < -0.3 is 19.4 Å². The molecule has 11 heteroatoms. The summed E-state index contributed by atoms with van der Waals surface area (Å²) in [4.78, 5) is 39.4. The summed E-state index contributed by atoms with van der Waals surface area (Å²) < 4.78 is 13.0. The summed E-state index contributed by atoms with van der Waals surface area (Å²) in [6, 6.07) is 12.3. The number of hydrogen-bond acceptors (Lipinski definition) is 6. The third-order valence-electron chi connectivity index (χ3n) is 5.92. The van der Waals surface area contributed by atoms with Gasteiger partial charge in [0.25, 0.3) is 11.1 Å². The van der Waals surface area contributed by atoms with Crippen LogP contribution < -0.4 is 14.8 Å². The zero-order valence-electron chi connectivity index (χ0n) is 19.8. The van der Waals surface area contributed by atoms with Crippen LogP contribution in [0.4, 0.5) is 10.5 Å². The van der Waals surface area contributed by atoms with E-state index in [1.54, 1.807) is 36.4 Å². The van der Waals surface area contributed by atoms with Crippen molar-refractivity contribution >= 4 is 63.8 Å². The van der Waals surface area contributed by atoms with Crippen LogP contribution in [0.15, 0.2) is 47.4 Å². The summed E-state index contributed by atoms with van der Waals surface area (Å²) in [6.07, 6.45) is 1.67. The number of hydrogen-bond donors (Lipinski definition) is 1. The molecule has 8 nitrogen and oxygen atoms in total. The normalized spacial score (nSPS) is 16.0. The van der Waals surface area contributed by atoms with Gasteiger partial charge in [0.15, 0.2) is 11.5 Å². The molecule has 0 unspecified atom stereocenters. The van der Waals surface area contributed by atoms with Gasteiger partial charge in [0.1, 0.15) is 19.8 Å². The number of nitrogens with zero attached hydrogens (tertiary/aromatic N) is 2. The summed E-state index contributed by atoms with van der Waals surface area (Å²) in [5.74, 6) is 0.0974. The maximum absolute atomic E-state index is 13.0. The fraction of sp³-hybridized carbons (Fsp3) is 0.192. The number of fused-ring (bicyclic) bond motifs is 1. The number of aryl methyl sites for hydroxylation is 1. The maximum Gasteiger partial charge on any atom is 0.294 e. The van der Waals surface area contributed by atoms with E-state index in [0.29, 0.717) is 40.4 Å². The van der Waals surface area contributed by atoms with Crippen LogP contribution in [0.1, 0.15) is 17.0 Å². The van der Waals surface area contributed by atoms with Crippen molar-refractivity contribution < 1.29 is 23.9 Å². The highest BCUT2D eigenvalue weighted by Crippen LogP contribution is 2.35. The van der Waals surface area contributed by atoms with Crippen molar-refractivity contribution in [3.8, 4) is 17.2 Å². The second kappa shape index (κ2) is 10.2. The first kappa shape index (κ1) is 25.3. The molecule has 0 radical (unpaired) electrons. The molecule has 2 aliphatic rings. The second-order valence-corrected chi connectivity index (χ2v) is 10.2. The number of aromatic nitrogens is 1. The summed E-state index contributed by atoms with van der Waals surface area (Å²) >= 11 is 13.0. The topological polar surface area (TPSA) is 89.9 Å². The highest BCUT2D eigenvalue weighted by Gasteiger charge is 2.36. The van der Waals surface area contributed by atoms with Gasteiger partial charge in [-0.2, -0.15) is 0 Å². The van der Waals surface area contributed by atoms with E-state index in [0.717, 1.165) is 39.3 Å². The fourth-order valence-corrected chi connectivity index (χ4v) is 5.32. The molecule has 37 heavy (non-hydrogen) atoms. The number of rotatable bonds is 5. The Morgan fingerprint density at radius 1 is 1.03 bits per heavy atom. The van der Waals surface area contributed by atoms with Gasteiger partial charge in [-0.15, -0.1) is 0 Å². The number of anilines is 1. The fourth-order valence-electron chi connectivity index (χ4n) is 4.20. The molecule has 0 saturated carbocycles. The van der Waals surface area contributed by atoms with Crippen LogP contribution in [-0.2, 0) is 9.59 Å². The molecule has 1 fully saturated rings. The minimum atomic E-state index is -0.522. The van der Waals surface area contributed by atoms with Crippen molar-refractivity contribution in [1.29, 1.82) is 0 Å². The molecule has 2 aliphatic heterocycles. The van der Waals surface area contributed by atoms with Gasteiger partial charge in [-0.25, -0.2) is 0 Å². The number of amides is 3. The predicted octanol–water partition coefficient (Wildman–Crippen LogP) is 5.85. The van der Waals surface area contributed by atoms with Gasteiger partial charge >= 0.3 is 0 Å². The first-order chi connectivity index (χ1) is 17.7. The number of imide groups is 1. The van der Waals surface area contributed by atoms with Gasteiger partial charge in [0, 0.05) is 28.8 Å². The van der Waals surface area contributed by atoms with Crippen LogP contribution in [0, 0.1) is 13.8 Å². The van der Waals surface area contributed by atoms with E-state index in [9.17, 15) is 14.4 Å². The molecular formula is C26H21Cl2N3O5S. The van der Waals surface area contributed by atoms with Gasteiger partial charge in [-0.1, -0.05) is 23.2 Å². The number of ether oxygens (including phenoxy) is 2. The van der Waals surface area contributed by atoms with Crippen LogP contribution in [0.2, 0.25) is 10.0 Å². The van der Waals surface area contributed by atoms with E-state index in [4.69, 9.17) is 32.7 Å². The molecule has 3 heterocycles. The second-order valence-electron chi connectivity index (χ2n) is 8.43. The number of carbonyl (C=O) groups is 3. The molecule has 0 aliphatic carbocycles. The number of halogens is 2. The summed E-state index contributed by atoms with van der Waals surface area (Å²) in [5.41, 5.74) is 3.86. The Morgan fingerprint density at radius 3 is 2.54 bits per heavy atom. The lowest BCUT2D eigenvalue weighted by atomic mass is 10.2. The molecule has 190 valence electrons. The predicted molar refractivity (Wildman–Crippen MR) is 144 cm³/mol. The van der Waals surface area contributed by atoms with E-state index in [-0.39, 0.29) is 4.91 Å². The van der Waals surface area contributed by atoms with Crippen LogP contribution in [-0.4, -0.2) is 46.3 Å². The lowest BCUT2D eigenvalue weighted by Gasteiger charge is -2.19. The third-order valence-corrected chi connectivity index (χ3v) is 7.57. The number of carbonyl (C=O) groups excluding carboxylic acids is 3. The van der Waals surface area contributed by atoms with Crippen molar-refractivity contribution in [3.63, 3.8) is 0 Å². The summed E-state index contributed by atoms with van der Waals surface area (Å²) in [5, 5.41) is 3.08. The average molecular weight is 558 g/mol. The smallest absolute Gasteiger partial charge is 0.294 e. The number of thioether (sulfide) groups is 1. The van der Waals surface area contributed by atoms with E-state index in [1.165, 1.54) is 0 Å². The molecular weight excluding hydrogens is 537 g/mol. The van der Waals surface area contributed by atoms with Crippen LogP contribution in [0.3, 0.4) is 0 Å². The molecule has 3 amide bonds. The molecule has 0 bridgehead atoms. The van der Waals surface area contributed by atoms with Crippen LogP contribution >= 0.6 is 35.0 Å². The summed E-state index contributed by atoms with van der Waals surface area (Å²) in [7, 11) is 0. The molecule has 0 spiro atoms. The molecule has 1 N–H and O–H groups in total. The van der Waals surface area contributed by atoms with Gasteiger partial charge in [-0.05, 0) is 73.6 Å². The van der Waals surface area contributed by atoms with Crippen molar-refractivity contribution in [1.82, 2.24) is 9.47 Å². The minimum Gasteiger partial charge on any atom is -0.486 e. The molecule has 0 atom stereocenters. The van der Waals surface area contributed by atoms with Crippen molar-refractivity contribution in [2.75, 3.05) is 25.1 Å². The van der Waals surface area contributed by atoms with E-state index in [2.05, 4.69) is 5.32 Å². The van der Waals surface area contributed by atoms with Gasteiger partial charge in [0.2, 0.25) is 5.91 Å². The zero-order chi connectivity index (χ0) is 26.3. The van der Waals surface area contributed by atoms with Crippen molar-refractivity contribution in [2.24, 2.45) is 0 Å². The zero-order valence-corrected chi connectivity index (χ0v) is 22.2. The molecule has 2 aromatic carbocycles. The molecule has 1 aromatic heterocycles. The van der Waals surface area contributed by atoms with Crippen molar-refractivity contribution in [3.05, 3.63) is 74.4 Å². The highest BCUT2D eigenvalue weighted by atomic mass is 35.5. The quantitative estimate of drug-likeness (QED) is 0.396. The van der Waals surface area contributed by atoms with E-state index in [1.807, 2.05) is 30.5 Å². The highest BCUT2D eigenvalue weighted by molar-refractivity contribution is 8.18. The first-order valence-electron chi connectivity index (χ1n) is 11.3. The Morgan fingerprint density at radius 2 is 1.78 bits per heavy atom. The lowest BCUT2D eigenvalue weighted by molar-refractivity contribution is -0.127. The Labute approximate surface area is 227 Å². The number of nitrogens with one attached hydrogen (secondary N) is 1. The molecule has 5 rings (SSSR count). The van der Waals surface area contributed by atoms with E-state index >= 15 is 0 Å². The SMILES string of the molecule is Cc1cc(/C=C2\SC(=O)N(CC(=O)Nc3ccc4c(c3)OCCO4)C2=O)c(C)n1-c1ccc(Cl)c(Cl)c1. The Bertz CT molecular complexity index is 1480. The Kier molecular flexibility index (Phi) is 6.94. The van der Waals surface area contributed by atoms with E-state index < -0.39 is 23.6 Å². The maximum atomic E-state index is 13.0. The van der Waals surface area contributed by atoms with Gasteiger partial charge in [0.05, 0.1) is 15.0 Å². The lowest BCUT2D eigenvalue weighted by Crippen LogP contribution is -2.36. The summed E-state index contributed by atoms with van der Waals surface area (Å²) in [6.45, 7) is 4.32. The van der Waals surface area contributed by atoms with Gasteiger partial charge in [-0.3, -0.25) is 19.3 Å². The van der Waals surface area contributed by atoms with Crippen molar-refractivity contribution in [2.45, 2.75) is 13.8 Å². The Hall–Kier alpha value is -3.40. The first-order valence-corrected chi connectivity index (χ1v) is 12.9. The van der Waals surface area contributed by atoms with Crippen LogP contribution in [0.5, 0.6) is 11.5 Å². The number of benzene rings is 2. The monoisotopic (exact) mass is 557 g/mol. The Balaban J connectivity index is 1.31. The standard InChI is InChI=1S/C26H21Cl2N3O5S/c1-14-9-16(15(2)31(14)18-4-5-19(27)20(28)12-18)10-23-25(33)30(26(34)37-23)13-24(32)29-17-3-6-21-22(11-17)36-8-7-35-21/h3-6,9-12H,7-8,13H2,1-2H3,(H,29,32)/b23-10-. The molecule has 3 aromatic rings. The average Bonchev–Trinajstić information content (AvgIpc) is 3.29. The third kappa shape index (κ3) is 5.07. The largest absolute Gasteiger partial charge is 0.486 e.